The fourth-order valence-electron chi connectivity index (χ4n) is 3.31. The lowest BCUT2D eigenvalue weighted by molar-refractivity contribution is 0.0773. The first-order valence-corrected chi connectivity index (χ1v) is 11.6. The largest absolute Gasteiger partial charge is 0.357 e. The van der Waals surface area contributed by atoms with Gasteiger partial charge in [-0.05, 0) is 44.4 Å². The number of carbonyl (C=O) groups is 1. The van der Waals surface area contributed by atoms with Crippen molar-refractivity contribution in [1.29, 1.82) is 0 Å². The molecule has 164 valence electrons. The third-order valence-electron chi connectivity index (χ3n) is 5.13. The molecular formula is C22H37IN4OS. The summed E-state index contributed by atoms with van der Waals surface area (Å²) in [4.78, 5) is 21.5. The van der Waals surface area contributed by atoms with Crippen molar-refractivity contribution in [2.45, 2.75) is 46.4 Å². The Morgan fingerprint density at radius 3 is 2.45 bits per heavy atom. The van der Waals surface area contributed by atoms with Crippen molar-refractivity contribution in [2.24, 2.45) is 10.9 Å². The molecule has 0 radical (unpaired) electrons. The van der Waals surface area contributed by atoms with Crippen molar-refractivity contribution in [3.63, 3.8) is 0 Å². The van der Waals surface area contributed by atoms with E-state index in [0.29, 0.717) is 17.7 Å². The van der Waals surface area contributed by atoms with E-state index in [2.05, 4.69) is 42.7 Å². The SMILES string of the molecule is CCNC(=NCc1ccc(C(=O)N(CC)CC)cc1)N1CCSC(C(C)C)C1.I. The fraction of sp³-hybridized carbons (Fsp3) is 0.636. The Labute approximate surface area is 198 Å². The van der Waals surface area contributed by atoms with E-state index in [9.17, 15) is 4.79 Å². The van der Waals surface area contributed by atoms with Crippen molar-refractivity contribution >= 4 is 47.6 Å². The second-order valence-corrected chi connectivity index (χ2v) is 8.79. The minimum absolute atomic E-state index is 0. The highest BCUT2D eigenvalue weighted by atomic mass is 127. The Hall–Kier alpha value is -0.960. The molecule has 1 atom stereocenters. The van der Waals surface area contributed by atoms with Crippen molar-refractivity contribution in [2.75, 3.05) is 38.5 Å². The molecule has 1 aliphatic heterocycles. The number of guanidine groups is 1. The Balaban J connectivity index is 0.00000420. The summed E-state index contributed by atoms with van der Waals surface area (Å²) in [6, 6.07) is 7.88. The zero-order valence-electron chi connectivity index (χ0n) is 18.5. The first-order valence-electron chi connectivity index (χ1n) is 10.5. The zero-order valence-corrected chi connectivity index (χ0v) is 21.6. The minimum Gasteiger partial charge on any atom is -0.357 e. The fourth-order valence-corrected chi connectivity index (χ4v) is 4.61. The van der Waals surface area contributed by atoms with Crippen molar-refractivity contribution in [1.82, 2.24) is 15.1 Å². The van der Waals surface area contributed by atoms with Gasteiger partial charge in [0, 0.05) is 49.3 Å². The Morgan fingerprint density at radius 1 is 1.24 bits per heavy atom. The van der Waals surface area contributed by atoms with E-state index < -0.39 is 0 Å². The number of thioether (sulfide) groups is 1. The highest BCUT2D eigenvalue weighted by molar-refractivity contribution is 14.0. The van der Waals surface area contributed by atoms with Crippen molar-refractivity contribution < 1.29 is 4.79 Å². The molecular weight excluding hydrogens is 495 g/mol. The molecule has 0 saturated carbocycles. The van der Waals surface area contributed by atoms with Crippen LogP contribution in [0.1, 0.15) is 50.5 Å². The van der Waals surface area contributed by atoms with Gasteiger partial charge >= 0.3 is 0 Å². The molecule has 1 heterocycles. The summed E-state index contributed by atoms with van der Waals surface area (Å²) in [6.45, 7) is 15.8. The number of hydrogen-bond acceptors (Lipinski definition) is 3. The number of benzene rings is 1. The van der Waals surface area contributed by atoms with Gasteiger partial charge in [0.25, 0.3) is 5.91 Å². The number of nitrogens with one attached hydrogen (secondary N) is 1. The highest BCUT2D eigenvalue weighted by Gasteiger charge is 2.24. The maximum atomic E-state index is 12.4. The second kappa shape index (κ2) is 13.4. The molecule has 0 bridgehead atoms. The number of rotatable bonds is 7. The molecule has 5 nitrogen and oxygen atoms in total. The molecule has 0 aromatic heterocycles. The van der Waals surface area contributed by atoms with E-state index in [0.717, 1.165) is 55.6 Å². The Kier molecular flexibility index (Phi) is 12.0. The summed E-state index contributed by atoms with van der Waals surface area (Å²) in [5, 5.41) is 4.10. The number of aliphatic imine (C=N–C) groups is 1. The number of nitrogens with zero attached hydrogens (tertiary/aromatic N) is 3. The summed E-state index contributed by atoms with van der Waals surface area (Å²) in [7, 11) is 0. The van der Waals surface area contributed by atoms with Gasteiger partial charge in [-0.25, -0.2) is 4.99 Å². The molecule has 1 amide bonds. The molecule has 1 aromatic carbocycles. The van der Waals surface area contributed by atoms with Gasteiger partial charge in [-0.3, -0.25) is 4.79 Å². The van der Waals surface area contributed by atoms with Gasteiger partial charge in [0.1, 0.15) is 0 Å². The highest BCUT2D eigenvalue weighted by Crippen LogP contribution is 2.25. The topological polar surface area (TPSA) is 47.9 Å². The first-order chi connectivity index (χ1) is 13.5. The number of hydrogen-bond donors (Lipinski definition) is 1. The molecule has 2 rings (SSSR count). The third-order valence-corrected chi connectivity index (χ3v) is 6.67. The Bertz CT molecular complexity index is 647. The van der Waals surface area contributed by atoms with E-state index in [1.807, 2.05) is 43.0 Å². The lowest BCUT2D eigenvalue weighted by Gasteiger charge is -2.36. The molecule has 1 unspecified atom stereocenters. The molecule has 1 saturated heterocycles. The quantitative estimate of drug-likeness (QED) is 0.323. The molecule has 0 aliphatic carbocycles. The van der Waals surface area contributed by atoms with Crippen LogP contribution in [0.2, 0.25) is 0 Å². The maximum Gasteiger partial charge on any atom is 0.253 e. The van der Waals surface area contributed by atoms with Crippen LogP contribution in [0.3, 0.4) is 0 Å². The predicted molar refractivity (Wildman–Crippen MR) is 137 cm³/mol. The maximum absolute atomic E-state index is 12.4. The molecule has 1 aromatic rings. The lowest BCUT2D eigenvalue weighted by atomic mass is 10.1. The average molecular weight is 533 g/mol. The first kappa shape index (κ1) is 26.1. The normalized spacial score (nSPS) is 17.1. The monoisotopic (exact) mass is 532 g/mol. The van der Waals surface area contributed by atoms with Gasteiger partial charge in [0.05, 0.1) is 6.54 Å². The number of amides is 1. The molecule has 7 heteroatoms. The molecule has 29 heavy (non-hydrogen) atoms. The van der Waals surface area contributed by atoms with Crippen LogP contribution < -0.4 is 5.32 Å². The van der Waals surface area contributed by atoms with Crippen LogP contribution in [0.4, 0.5) is 0 Å². The summed E-state index contributed by atoms with van der Waals surface area (Å²) in [6.07, 6.45) is 0. The van der Waals surface area contributed by atoms with Gasteiger partial charge < -0.3 is 15.1 Å². The second-order valence-electron chi connectivity index (χ2n) is 7.44. The number of halogens is 1. The van der Waals surface area contributed by atoms with E-state index in [1.165, 1.54) is 0 Å². The van der Waals surface area contributed by atoms with Gasteiger partial charge in [-0.2, -0.15) is 11.8 Å². The molecule has 1 N–H and O–H groups in total. The van der Waals surface area contributed by atoms with Crippen LogP contribution >= 0.6 is 35.7 Å². The number of carbonyl (C=O) groups excluding carboxylic acids is 1. The van der Waals surface area contributed by atoms with Gasteiger partial charge in [-0.1, -0.05) is 26.0 Å². The van der Waals surface area contributed by atoms with Crippen LogP contribution in [0, 0.1) is 5.92 Å². The van der Waals surface area contributed by atoms with Crippen molar-refractivity contribution in [3.05, 3.63) is 35.4 Å². The van der Waals surface area contributed by atoms with E-state index in [-0.39, 0.29) is 29.9 Å². The molecule has 0 spiro atoms. The lowest BCUT2D eigenvalue weighted by Crippen LogP contribution is -2.49. The van der Waals surface area contributed by atoms with E-state index in [4.69, 9.17) is 4.99 Å². The van der Waals surface area contributed by atoms with E-state index in [1.54, 1.807) is 0 Å². The minimum atomic E-state index is 0. The zero-order chi connectivity index (χ0) is 20.5. The van der Waals surface area contributed by atoms with Crippen LogP contribution in [0.15, 0.2) is 29.3 Å². The molecule has 1 aliphatic rings. The van der Waals surface area contributed by atoms with Crippen molar-refractivity contribution in [3.8, 4) is 0 Å². The van der Waals surface area contributed by atoms with E-state index >= 15 is 0 Å². The van der Waals surface area contributed by atoms with Crippen LogP contribution in [0.5, 0.6) is 0 Å². The van der Waals surface area contributed by atoms with Gasteiger partial charge in [0.15, 0.2) is 5.96 Å². The summed E-state index contributed by atoms with van der Waals surface area (Å²) in [5.41, 5.74) is 1.87. The smallest absolute Gasteiger partial charge is 0.253 e. The Morgan fingerprint density at radius 2 is 1.90 bits per heavy atom. The summed E-state index contributed by atoms with van der Waals surface area (Å²) in [5.74, 6) is 2.91. The third kappa shape index (κ3) is 7.66. The standard InChI is InChI=1S/C22H36N4OS.HI/c1-6-23-22(26-13-14-28-20(16-26)17(4)5)24-15-18-9-11-19(12-10-18)21(27)25(7-2)8-3;/h9-12,17,20H,6-8,13-16H2,1-5H3,(H,23,24);1H. The summed E-state index contributed by atoms with van der Waals surface area (Å²) < 4.78 is 0. The summed E-state index contributed by atoms with van der Waals surface area (Å²) >= 11 is 2.07. The van der Waals surface area contributed by atoms with Gasteiger partial charge in [-0.15, -0.1) is 24.0 Å². The van der Waals surface area contributed by atoms with Crippen LogP contribution in [0.25, 0.3) is 0 Å². The van der Waals surface area contributed by atoms with Gasteiger partial charge in [0.2, 0.25) is 0 Å². The average Bonchev–Trinajstić information content (AvgIpc) is 2.72. The predicted octanol–water partition coefficient (Wildman–Crippen LogP) is 4.33. The van der Waals surface area contributed by atoms with Crippen LogP contribution in [-0.4, -0.2) is 65.4 Å². The van der Waals surface area contributed by atoms with Crippen LogP contribution in [-0.2, 0) is 6.54 Å². The molecule has 1 fully saturated rings.